The number of halogens is 1. The number of nitrogens with one attached hydrogen (secondary N) is 1. The molecule has 1 aliphatic rings. The summed E-state index contributed by atoms with van der Waals surface area (Å²) in [6, 6.07) is 3.92. The van der Waals surface area contributed by atoms with E-state index in [1.54, 1.807) is 0 Å². The van der Waals surface area contributed by atoms with Gasteiger partial charge < -0.3 is 10.4 Å². The molecule has 0 bridgehead atoms. The Kier molecular flexibility index (Phi) is 2.79. The van der Waals surface area contributed by atoms with Crippen molar-refractivity contribution in [1.82, 2.24) is 5.32 Å². The van der Waals surface area contributed by atoms with Gasteiger partial charge >= 0.3 is 0 Å². The molecule has 0 radical (unpaired) electrons. The van der Waals surface area contributed by atoms with E-state index in [9.17, 15) is 5.11 Å². The third-order valence-corrected chi connectivity index (χ3v) is 3.40. The molecule has 1 aromatic rings. The smallest absolute Gasteiger partial charge is 0.130 e. The number of benzene rings is 1. The molecule has 0 saturated heterocycles. The molecule has 0 aromatic heterocycles. The first-order valence-electron chi connectivity index (χ1n) is 4.90. The minimum absolute atomic E-state index is 0.345. The normalized spacial score (nSPS) is 21.4. The van der Waals surface area contributed by atoms with Gasteiger partial charge in [0.2, 0.25) is 0 Å². The first-order valence-corrected chi connectivity index (χ1v) is 5.70. The molecule has 0 aliphatic carbocycles. The highest BCUT2D eigenvalue weighted by atomic mass is 79.9. The van der Waals surface area contributed by atoms with E-state index in [1.165, 1.54) is 11.1 Å². The molecule has 0 fully saturated rings. The number of fused-ring (bicyclic) bond motifs is 1. The quantitative estimate of drug-likeness (QED) is 0.747. The van der Waals surface area contributed by atoms with Gasteiger partial charge in [0.05, 0.1) is 4.47 Å². The molecule has 14 heavy (non-hydrogen) atoms. The third kappa shape index (κ3) is 1.79. The van der Waals surface area contributed by atoms with Crippen LogP contribution >= 0.6 is 15.9 Å². The van der Waals surface area contributed by atoms with E-state index < -0.39 is 0 Å². The van der Waals surface area contributed by atoms with Crippen LogP contribution in [0.15, 0.2) is 16.6 Å². The van der Waals surface area contributed by atoms with Gasteiger partial charge in [-0.2, -0.15) is 0 Å². The molecule has 0 spiro atoms. The first-order chi connectivity index (χ1) is 6.68. The summed E-state index contributed by atoms with van der Waals surface area (Å²) in [6.07, 6.45) is 1.00. The van der Waals surface area contributed by atoms with Gasteiger partial charge in [0.25, 0.3) is 0 Å². The fourth-order valence-corrected chi connectivity index (χ4v) is 2.31. The molecule has 2 rings (SSSR count). The zero-order valence-corrected chi connectivity index (χ0v) is 9.76. The second-order valence-electron chi connectivity index (χ2n) is 3.86. The van der Waals surface area contributed by atoms with Crippen LogP contribution in [0.4, 0.5) is 0 Å². The highest BCUT2D eigenvalue weighted by Crippen LogP contribution is 2.32. The van der Waals surface area contributed by atoms with Crippen molar-refractivity contribution < 1.29 is 5.11 Å². The topological polar surface area (TPSA) is 32.3 Å². The number of hydrogen-bond acceptors (Lipinski definition) is 2. The molecule has 1 aliphatic heterocycles. The van der Waals surface area contributed by atoms with Crippen LogP contribution < -0.4 is 5.32 Å². The Morgan fingerprint density at radius 2 is 2.29 bits per heavy atom. The standard InChI is InChI=1S/C11H14BrNO/c1-7-6-13-3-2-8-4-11(14)10(12)5-9(7)8/h4-5,7,13-14H,2-3,6H2,1H3. The van der Waals surface area contributed by atoms with Crippen LogP contribution in [0.1, 0.15) is 24.0 Å². The predicted octanol–water partition coefficient (Wildman–Crippen LogP) is 2.40. The summed E-state index contributed by atoms with van der Waals surface area (Å²) < 4.78 is 0.796. The number of rotatable bonds is 0. The van der Waals surface area contributed by atoms with Crippen molar-refractivity contribution in [2.24, 2.45) is 0 Å². The SMILES string of the molecule is CC1CNCCc2cc(O)c(Br)cc21. The fraction of sp³-hybridized carbons (Fsp3) is 0.455. The summed E-state index contributed by atoms with van der Waals surface area (Å²) in [5, 5.41) is 13.0. The minimum Gasteiger partial charge on any atom is -0.507 e. The van der Waals surface area contributed by atoms with Crippen molar-refractivity contribution in [2.45, 2.75) is 19.3 Å². The Hall–Kier alpha value is -0.540. The van der Waals surface area contributed by atoms with Gasteiger partial charge in [-0.1, -0.05) is 6.92 Å². The molecule has 2 nitrogen and oxygen atoms in total. The lowest BCUT2D eigenvalue weighted by atomic mass is 9.95. The van der Waals surface area contributed by atoms with Crippen LogP contribution in [0.2, 0.25) is 0 Å². The summed E-state index contributed by atoms with van der Waals surface area (Å²) >= 11 is 3.36. The molecule has 0 saturated carbocycles. The van der Waals surface area contributed by atoms with Gasteiger partial charge in [0.1, 0.15) is 5.75 Å². The monoisotopic (exact) mass is 255 g/mol. The van der Waals surface area contributed by atoms with Crippen LogP contribution in [0.5, 0.6) is 5.75 Å². The van der Waals surface area contributed by atoms with Crippen molar-refractivity contribution in [3.8, 4) is 5.75 Å². The number of phenols is 1. The van der Waals surface area contributed by atoms with Crippen LogP contribution in [0.3, 0.4) is 0 Å². The van der Waals surface area contributed by atoms with E-state index in [2.05, 4.69) is 28.2 Å². The van der Waals surface area contributed by atoms with Crippen molar-refractivity contribution in [3.05, 3.63) is 27.7 Å². The maximum atomic E-state index is 9.59. The van der Waals surface area contributed by atoms with Crippen molar-refractivity contribution in [1.29, 1.82) is 0 Å². The van der Waals surface area contributed by atoms with Gasteiger partial charge in [-0.05, 0) is 58.1 Å². The van der Waals surface area contributed by atoms with E-state index in [1.807, 2.05) is 12.1 Å². The van der Waals surface area contributed by atoms with Gasteiger partial charge in [0, 0.05) is 6.54 Å². The molecule has 1 unspecified atom stereocenters. The predicted molar refractivity (Wildman–Crippen MR) is 60.8 cm³/mol. The average molecular weight is 256 g/mol. The molecule has 2 N–H and O–H groups in total. The first kappa shape index (κ1) is 9.99. The highest BCUT2D eigenvalue weighted by molar-refractivity contribution is 9.10. The van der Waals surface area contributed by atoms with E-state index in [-0.39, 0.29) is 0 Å². The fourth-order valence-electron chi connectivity index (χ4n) is 1.95. The van der Waals surface area contributed by atoms with Crippen LogP contribution in [-0.2, 0) is 6.42 Å². The third-order valence-electron chi connectivity index (χ3n) is 2.76. The Morgan fingerprint density at radius 1 is 1.50 bits per heavy atom. The Morgan fingerprint density at radius 3 is 3.07 bits per heavy atom. The molecule has 76 valence electrons. The van der Waals surface area contributed by atoms with E-state index in [0.29, 0.717) is 11.7 Å². The summed E-state index contributed by atoms with van der Waals surface area (Å²) in [7, 11) is 0. The summed E-state index contributed by atoms with van der Waals surface area (Å²) in [6.45, 7) is 4.23. The van der Waals surface area contributed by atoms with Crippen LogP contribution in [0, 0.1) is 0 Å². The number of aromatic hydroxyl groups is 1. The molecule has 0 amide bonds. The lowest BCUT2D eigenvalue weighted by Crippen LogP contribution is -2.18. The van der Waals surface area contributed by atoms with Gasteiger partial charge in [0.15, 0.2) is 0 Å². The molecular formula is C11H14BrNO. The van der Waals surface area contributed by atoms with E-state index in [0.717, 1.165) is 24.0 Å². The molecule has 1 aromatic carbocycles. The van der Waals surface area contributed by atoms with Crippen LogP contribution in [-0.4, -0.2) is 18.2 Å². The maximum Gasteiger partial charge on any atom is 0.130 e. The molecule has 1 heterocycles. The van der Waals surface area contributed by atoms with E-state index >= 15 is 0 Å². The Balaban J connectivity index is 2.49. The lowest BCUT2D eigenvalue weighted by molar-refractivity contribution is 0.470. The van der Waals surface area contributed by atoms with E-state index in [4.69, 9.17) is 0 Å². The second kappa shape index (κ2) is 3.91. The zero-order chi connectivity index (χ0) is 10.1. The largest absolute Gasteiger partial charge is 0.507 e. The Labute approximate surface area is 92.5 Å². The molecule has 3 heteroatoms. The Bertz CT molecular complexity index is 351. The zero-order valence-electron chi connectivity index (χ0n) is 8.18. The van der Waals surface area contributed by atoms with Crippen LogP contribution in [0.25, 0.3) is 0 Å². The number of phenolic OH excluding ortho intramolecular Hbond substituents is 1. The van der Waals surface area contributed by atoms with Gasteiger partial charge in [-0.3, -0.25) is 0 Å². The summed E-state index contributed by atoms with van der Waals surface area (Å²) in [5.74, 6) is 0.863. The highest BCUT2D eigenvalue weighted by Gasteiger charge is 2.16. The lowest BCUT2D eigenvalue weighted by Gasteiger charge is -2.13. The summed E-state index contributed by atoms with van der Waals surface area (Å²) in [5.41, 5.74) is 2.61. The summed E-state index contributed by atoms with van der Waals surface area (Å²) in [4.78, 5) is 0. The average Bonchev–Trinajstić information content (AvgIpc) is 2.31. The molecular weight excluding hydrogens is 242 g/mol. The van der Waals surface area contributed by atoms with Crippen molar-refractivity contribution in [3.63, 3.8) is 0 Å². The van der Waals surface area contributed by atoms with Gasteiger partial charge in [-0.25, -0.2) is 0 Å². The maximum absolute atomic E-state index is 9.59. The molecule has 1 atom stereocenters. The minimum atomic E-state index is 0.345. The van der Waals surface area contributed by atoms with Crippen molar-refractivity contribution >= 4 is 15.9 Å². The van der Waals surface area contributed by atoms with Gasteiger partial charge in [-0.15, -0.1) is 0 Å². The number of hydrogen-bond donors (Lipinski definition) is 2. The van der Waals surface area contributed by atoms with Crippen molar-refractivity contribution in [2.75, 3.05) is 13.1 Å². The second-order valence-corrected chi connectivity index (χ2v) is 4.71.